The van der Waals surface area contributed by atoms with Crippen LogP contribution in [0.1, 0.15) is 0 Å². The van der Waals surface area contributed by atoms with Crippen molar-refractivity contribution in [3.63, 3.8) is 0 Å². The zero-order chi connectivity index (χ0) is 11.5. The molecule has 3 nitrogen and oxygen atoms in total. The summed E-state index contributed by atoms with van der Waals surface area (Å²) < 4.78 is 25.6. The highest BCUT2D eigenvalue weighted by molar-refractivity contribution is 7.99. The van der Waals surface area contributed by atoms with Crippen LogP contribution < -0.4 is 5.73 Å². The first kappa shape index (κ1) is 10.8. The van der Waals surface area contributed by atoms with Gasteiger partial charge in [-0.2, -0.15) is 0 Å². The number of rotatable bonds is 2. The number of hydrogen-bond donors (Lipinski definition) is 1. The molecule has 6 heteroatoms. The molecule has 0 amide bonds. The van der Waals surface area contributed by atoms with Crippen LogP contribution >= 0.6 is 11.8 Å². The van der Waals surface area contributed by atoms with Crippen molar-refractivity contribution in [1.82, 2.24) is 9.97 Å². The molecule has 82 valence electrons. The second-order valence-electron chi connectivity index (χ2n) is 2.93. The molecule has 0 aliphatic rings. The number of aromatic nitrogens is 2. The molecular weight excluding hydrogens is 232 g/mol. The van der Waals surface area contributed by atoms with Gasteiger partial charge in [-0.1, -0.05) is 11.8 Å². The first-order valence-corrected chi connectivity index (χ1v) is 5.18. The summed E-state index contributed by atoms with van der Waals surface area (Å²) in [6, 6.07) is 5.30. The average Bonchev–Trinajstić information content (AvgIpc) is 2.24. The fourth-order valence-corrected chi connectivity index (χ4v) is 1.88. The normalized spacial score (nSPS) is 10.4. The Labute approximate surface area is 94.7 Å². The SMILES string of the molecule is Nc1nccc(Sc2ccc(F)c(F)c2)n1. The summed E-state index contributed by atoms with van der Waals surface area (Å²) in [5.74, 6) is -1.61. The van der Waals surface area contributed by atoms with E-state index in [0.717, 1.165) is 12.1 Å². The van der Waals surface area contributed by atoms with Gasteiger partial charge in [0.2, 0.25) is 5.95 Å². The van der Waals surface area contributed by atoms with Gasteiger partial charge in [0.05, 0.1) is 0 Å². The highest BCUT2D eigenvalue weighted by atomic mass is 32.2. The molecule has 0 aliphatic heterocycles. The van der Waals surface area contributed by atoms with Gasteiger partial charge < -0.3 is 5.73 Å². The molecule has 0 fully saturated rings. The van der Waals surface area contributed by atoms with Crippen LogP contribution in [-0.2, 0) is 0 Å². The van der Waals surface area contributed by atoms with E-state index in [9.17, 15) is 8.78 Å². The van der Waals surface area contributed by atoms with E-state index in [4.69, 9.17) is 5.73 Å². The molecule has 1 heterocycles. The highest BCUT2D eigenvalue weighted by Crippen LogP contribution is 2.26. The van der Waals surface area contributed by atoms with Crippen molar-refractivity contribution in [2.45, 2.75) is 9.92 Å². The van der Waals surface area contributed by atoms with Crippen LogP contribution in [0.15, 0.2) is 40.4 Å². The number of nitrogens with zero attached hydrogens (tertiary/aromatic N) is 2. The van der Waals surface area contributed by atoms with Gasteiger partial charge in [0.1, 0.15) is 5.03 Å². The predicted molar refractivity (Wildman–Crippen MR) is 56.9 cm³/mol. The highest BCUT2D eigenvalue weighted by Gasteiger charge is 2.05. The second-order valence-corrected chi connectivity index (χ2v) is 4.02. The summed E-state index contributed by atoms with van der Waals surface area (Å²) in [6.45, 7) is 0. The number of halogens is 2. The van der Waals surface area contributed by atoms with E-state index in [-0.39, 0.29) is 5.95 Å². The van der Waals surface area contributed by atoms with E-state index < -0.39 is 11.6 Å². The topological polar surface area (TPSA) is 51.8 Å². The van der Waals surface area contributed by atoms with E-state index in [0.29, 0.717) is 9.92 Å². The van der Waals surface area contributed by atoms with Crippen molar-refractivity contribution < 1.29 is 8.78 Å². The monoisotopic (exact) mass is 239 g/mol. The zero-order valence-corrected chi connectivity index (χ0v) is 8.84. The number of hydrogen-bond acceptors (Lipinski definition) is 4. The van der Waals surface area contributed by atoms with Crippen LogP contribution in [-0.4, -0.2) is 9.97 Å². The molecular formula is C10H7F2N3S. The van der Waals surface area contributed by atoms with Gasteiger partial charge >= 0.3 is 0 Å². The van der Waals surface area contributed by atoms with E-state index in [1.54, 1.807) is 6.07 Å². The van der Waals surface area contributed by atoms with E-state index in [1.807, 2.05) is 0 Å². The third kappa shape index (κ3) is 2.46. The van der Waals surface area contributed by atoms with Gasteiger partial charge in [-0.15, -0.1) is 0 Å². The number of nitrogen functional groups attached to an aromatic ring is 1. The lowest BCUT2D eigenvalue weighted by atomic mass is 10.3. The molecule has 0 saturated heterocycles. The van der Waals surface area contributed by atoms with Gasteiger partial charge in [0.25, 0.3) is 0 Å². The quantitative estimate of drug-likeness (QED) is 0.818. The Kier molecular flexibility index (Phi) is 3.00. The van der Waals surface area contributed by atoms with Crippen molar-refractivity contribution in [2.75, 3.05) is 5.73 Å². The Hall–Kier alpha value is -1.69. The minimum absolute atomic E-state index is 0.146. The molecule has 0 saturated carbocycles. The minimum Gasteiger partial charge on any atom is -0.368 e. The minimum atomic E-state index is -0.882. The molecule has 1 aromatic heterocycles. The van der Waals surface area contributed by atoms with Crippen molar-refractivity contribution in [2.24, 2.45) is 0 Å². The van der Waals surface area contributed by atoms with Crippen LogP contribution in [0.2, 0.25) is 0 Å². The molecule has 1 aromatic carbocycles. The van der Waals surface area contributed by atoms with E-state index in [1.165, 1.54) is 24.0 Å². The maximum Gasteiger partial charge on any atom is 0.221 e. The first-order chi connectivity index (χ1) is 7.65. The molecule has 2 N–H and O–H groups in total. The smallest absolute Gasteiger partial charge is 0.221 e. The molecule has 0 radical (unpaired) electrons. The standard InChI is InChI=1S/C10H7F2N3S/c11-7-2-1-6(5-8(7)12)16-9-3-4-14-10(13)15-9/h1-5H,(H2,13,14,15). The lowest BCUT2D eigenvalue weighted by Crippen LogP contribution is -1.94. The van der Waals surface area contributed by atoms with Gasteiger partial charge in [0, 0.05) is 11.1 Å². The Bertz CT molecular complexity index is 519. The maximum absolute atomic E-state index is 12.9. The Morgan fingerprint density at radius 3 is 2.62 bits per heavy atom. The summed E-state index contributed by atoms with van der Waals surface area (Å²) in [4.78, 5) is 8.22. The third-order valence-corrected chi connectivity index (χ3v) is 2.69. The summed E-state index contributed by atoms with van der Waals surface area (Å²) in [5, 5.41) is 0.582. The van der Waals surface area contributed by atoms with Crippen LogP contribution in [0, 0.1) is 11.6 Å². The van der Waals surface area contributed by atoms with Crippen molar-refractivity contribution >= 4 is 17.7 Å². The van der Waals surface area contributed by atoms with Crippen molar-refractivity contribution in [1.29, 1.82) is 0 Å². The summed E-state index contributed by atoms with van der Waals surface area (Å²) in [7, 11) is 0. The van der Waals surface area contributed by atoms with Gasteiger partial charge in [0.15, 0.2) is 11.6 Å². The molecule has 0 bridgehead atoms. The summed E-state index contributed by atoms with van der Waals surface area (Å²) >= 11 is 1.19. The Morgan fingerprint density at radius 1 is 1.12 bits per heavy atom. The van der Waals surface area contributed by atoms with E-state index >= 15 is 0 Å². The van der Waals surface area contributed by atoms with Gasteiger partial charge in [-0.3, -0.25) is 0 Å². The second kappa shape index (κ2) is 4.44. The molecule has 0 aliphatic carbocycles. The van der Waals surface area contributed by atoms with Gasteiger partial charge in [-0.05, 0) is 24.3 Å². The predicted octanol–water partition coefficient (Wildman–Crippen LogP) is 2.49. The van der Waals surface area contributed by atoms with Crippen molar-refractivity contribution in [3.8, 4) is 0 Å². The number of nitrogens with two attached hydrogens (primary N) is 1. The fraction of sp³-hybridized carbons (Fsp3) is 0. The number of anilines is 1. The molecule has 0 atom stereocenters. The van der Waals surface area contributed by atoms with Crippen LogP contribution in [0.3, 0.4) is 0 Å². The van der Waals surface area contributed by atoms with Crippen LogP contribution in [0.4, 0.5) is 14.7 Å². The van der Waals surface area contributed by atoms with Crippen molar-refractivity contribution in [3.05, 3.63) is 42.1 Å². The van der Waals surface area contributed by atoms with Crippen LogP contribution in [0.5, 0.6) is 0 Å². The first-order valence-electron chi connectivity index (χ1n) is 4.36. The Balaban J connectivity index is 2.24. The molecule has 0 unspecified atom stereocenters. The molecule has 16 heavy (non-hydrogen) atoms. The third-order valence-electron chi connectivity index (χ3n) is 1.76. The number of benzene rings is 1. The molecule has 2 rings (SSSR count). The summed E-state index contributed by atoms with van der Waals surface area (Å²) in [6.07, 6.45) is 1.50. The lowest BCUT2D eigenvalue weighted by molar-refractivity contribution is 0.506. The summed E-state index contributed by atoms with van der Waals surface area (Å²) in [5.41, 5.74) is 5.40. The Morgan fingerprint density at radius 2 is 1.94 bits per heavy atom. The van der Waals surface area contributed by atoms with Gasteiger partial charge in [-0.25, -0.2) is 18.7 Å². The largest absolute Gasteiger partial charge is 0.368 e. The molecule has 0 spiro atoms. The molecule has 2 aromatic rings. The van der Waals surface area contributed by atoms with Crippen LogP contribution in [0.25, 0.3) is 0 Å². The zero-order valence-electron chi connectivity index (χ0n) is 8.02. The fourth-order valence-electron chi connectivity index (χ4n) is 1.07. The van der Waals surface area contributed by atoms with E-state index in [2.05, 4.69) is 9.97 Å². The average molecular weight is 239 g/mol. The maximum atomic E-state index is 12.9. The lowest BCUT2D eigenvalue weighted by Gasteiger charge is -2.01.